The van der Waals surface area contributed by atoms with Crippen LogP contribution in [0.1, 0.15) is 32.8 Å². The second-order valence-corrected chi connectivity index (χ2v) is 5.79. The molecule has 3 N–H and O–H groups in total. The number of nitrogens with one attached hydrogen (secondary N) is 2. The third-order valence-electron chi connectivity index (χ3n) is 3.82. The first-order valence-electron chi connectivity index (χ1n) is 7.79. The van der Waals surface area contributed by atoms with E-state index in [1.54, 1.807) is 6.92 Å². The predicted molar refractivity (Wildman–Crippen MR) is 86.7 cm³/mol. The van der Waals surface area contributed by atoms with E-state index in [1.807, 2.05) is 6.92 Å². The largest absolute Gasteiger partial charge is 0.480 e. The van der Waals surface area contributed by atoms with E-state index < -0.39 is 35.7 Å². The molecule has 0 fully saturated rings. The van der Waals surface area contributed by atoms with Gasteiger partial charge in [0.1, 0.15) is 17.9 Å². The molecule has 2 amide bonds. The fourth-order valence-electron chi connectivity index (χ4n) is 2.25. The molecule has 0 radical (unpaired) electrons. The Kier molecular flexibility index (Phi) is 7.35. The van der Waals surface area contributed by atoms with Crippen LogP contribution >= 0.6 is 0 Å². The number of carbonyl (C=O) groups is 3. The van der Waals surface area contributed by atoms with Crippen molar-refractivity contribution in [3.05, 3.63) is 35.6 Å². The van der Waals surface area contributed by atoms with E-state index in [9.17, 15) is 23.9 Å². The van der Waals surface area contributed by atoms with Crippen LogP contribution in [0.4, 0.5) is 4.39 Å². The van der Waals surface area contributed by atoms with Gasteiger partial charge in [-0.2, -0.15) is 0 Å². The van der Waals surface area contributed by atoms with Gasteiger partial charge in [-0.25, -0.2) is 9.18 Å². The number of carbonyl (C=O) groups excluding carboxylic acids is 2. The number of carboxylic acids is 1. The molecule has 6 nitrogen and oxygen atoms in total. The molecule has 0 unspecified atom stereocenters. The van der Waals surface area contributed by atoms with Gasteiger partial charge in [-0.3, -0.25) is 9.59 Å². The van der Waals surface area contributed by atoms with Gasteiger partial charge in [-0.15, -0.1) is 0 Å². The summed E-state index contributed by atoms with van der Waals surface area (Å²) in [7, 11) is 0. The van der Waals surface area contributed by atoms with Crippen LogP contribution in [0.15, 0.2) is 24.3 Å². The maximum absolute atomic E-state index is 13.0. The Morgan fingerprint density at radius 2 is 1.75 bits per heavy atom. The number of amides is 2. The zero-order chi connectivity index (χ0) is 18.3. The Bertz CT molecular complexity index is 589. The predicted octanol–water partition coefficient (Wildman–Crippen LogP) is 1.49. The lowest BCUT2D eigenvalue weighted by Gasteiger charge is -2.24. The van der Waals surface area contributed by atoms with Crippen molar-refractivity contribution in [1.82, 2.24) is 10.6 Å². The van der Waals surface area contributed by atoms with Gasteiger partial charge in [-0.1, -0.05) is 32.4 Å². The Hall–Kier alpha value is -2.44. The van der Waals surface area contributed by atoms with Gasteiger partial charge in [0.25, 0.3) is 0 Å². The normalized spacial score (nSPS) is 14.3. The van der Waals surface area contributed by atoms with E-state index in [2.05, 4.69) is 10.6 Å². The summed E-state index contributed by atoms with van der Waals surface area (Å²) in [5.41, 5.74) is 0.653. The van der Waals surface area contributed by atoms with E-state index in [-0.39, 0.29) is 12.3 Å². The zero-order valence-corrected chi connectivity index (χ0v) is 14.0. The SMILES string of the molecule is CC[C@H](C)[C@H](NC(=O)[C@@H](Cc1ccc(F)cc1)NC(C)=O)C(=O)O. The fraction of sp³-hybridized carbons (Fsp3) is 0.471. The summed E-state index contributed by atoms with van der Waals surface area (Å²) in [6.07, 6.45) is 0.721. The molecule has 0 bridgehead atoms. The highest BCUT2D eigenvalue weighted by Crippen LogP contribution is 2.10. The number of hydrogen-bond acceptors (Lipinski definition) is 3. The highest BCUT2D eigenvalue weighted by atomic mass is 19.1. The topological polar surface area (TPSA) is 95.5 Å². The van der Waals surface area contributed by atoms with Crippen molar-refractivity contribution < 1.29 is 23.9 Å². The lowest BCUT2D eigenvalue weighted by Crippen LogP contribution is -2.53. The van der Waals surface area contributed by atoms with Crippen LogP contribution in [0.25, 0.3) is 0 Å². The van der Waals surface area contributed by atoms with Crippen LogP contribution < -0.4 is 10.6 Å². The third kappa shape index (κ3) is 5.98. The molecule has 0 saturated carbocycles. The molecule has 1 rings (SSSR count). The summed E-state index contributed by atoms with van der Waals surface area (Å²) < 4.78 is 13.0. The van der Waals surface area contributed by atoms with E-state index in [0.29, 0.717) is 12.0 Å². The van der Waals surface area contributed by atoms with Crippen molar-refractivity contribution in [2.24, 2.45) is 5.92 Å². The molecule has 24 heavy (non-hydrogen) atoms. The van der Waals surface area contributed by atoms with Crippen molar-refractivity contribution in [3.63, 3.8) is 0 Å². The molecule has 0 aliphatic heterocycles. The van der Waals surface area contributed by atoms with Gasteiger partial charge in [0.15, 0.2) is 0 Å². The summed E-state index contributed by atoms with van der Waals surface area (Å²) >= 11 is 0. The van der Waals surface area contributed by atoms with Crippen molar-refractivity contribution in [2.45, 2.75) is 45.7 Å². The minimum Gasteiger partial charge on any atom is -0.480 e. The minimum absolute atomic E-state index is 0.137. The number of hydrogen-bond donors (Lipinski definition) is 3. The number of rotatable bonds is 8. The highest BCUT2D eigenvalue weighted by Gasteiger charge is 2.29. The number of benzene rings is 1. The molecular formula is C17H23FN2O4. The van der Waals surface area contributed by atoms with Crippen molar-refractivity contribution in [3.8, 4) is 0 Å². The van der Waals surface area contributed by atoms with Crippen LogP contribution in [-0.2, 0) is 20.8 Å². The van der Waals surface area contributed by atoms with Crippen LogP contribution in [-0.4, -0.2) is 35.0 Å². The standard InChI is InChI=1S/C17H23FN2O4/c1-4-10(2)15(17(23)24)20-16(22)14(19-11(3)21)9-12-5-7-13(18)8-6-12/h5-8,10,14-15H,4,9H2,1-3H3,(H,19,21)(H,20,22)(H,23,24)/t10-,14+,15-/m0/s1. The van der Waals surface area contributed by atoms with Crippen LogP contribution in [0.3, 0.4) is 0 Å². The van der Waals surface area contributed by atoms with Gasteiger partial charge >= 0.3 is 5.97 Å². The second kappa shape index (κ2) is 9.00. The molecule has 132 valence electrons. The van der Waals surface area contributed by atoms with E-state index in [4.69, 9.17) is 0 Å². The van der Waals surface area contributed by atoms with Gasteiger partial charge < -0.3 is 15.7 Å². The summed E-state index contributed by atoms with van der Waals surface area (Å²) in [5.74, 6) is -2.77. The smallest absolute Gasteiger partial charge is 0.326 e. The molecule has 0 aliphatic carbocycles. The van der Waals surface area contributed by atoms with E-state index in [0.717, 1.165) is 0 Å². The zero-order valence-electron chi connectivity index (χ0n) is 14.0. The first-order valence-corrected chi connectivity index (χ1v) is 7.79. The molecule has 7 heteroatoms. The van der Waals surface area contributed by atoms with E-state index >= 15 is 0 Å². The first-order chi connectivity index (χ1) is 11.2. The molecule has 1 aromatic rings. The van der Waals surface area contributed by atoms with E-state index in [1.165, 1.54) is 31.2 Å². The lowest BCUT2D eigenvalue weighted by molar-refractivity contribution is -0.143. The Labute approximate surface area is 140 Å². The number of aliphatic carboxylic acids is 1. The maximum Gasteiger partial charge on any atom is 0.326 e. The quantitative estimate of drug-likeness (QED) is 0.669. The van der Waals surface area contributed by atoms with Gasteiger partial charge in [-0.05, 0) is 23.6 Å². The van der Waals surface area contributed by atoms with Gasteiger partial charge in [0.2, 0.25) is 11.8 Å². The summed E-state index contributed by atoms with van der Waals surface area (Å²) in [6.45, 7) is 4.83. The highest BCUT2D eigenvalue weighted by molar-refractivity contribution is 5.90. The monoisotopic (exact) mass is 338 g/mol. The molecule has 1 aromatic carbocycles. The molecule has 0 aliphatic rings. The maximum atomic E-state index is 13.0. The van der Waals surface area contributed by atoms with Crippen molar-refractivity contribution in [2.75, 3.05) is 0 Å². The first kappa shape index (κ1) is 19.6. The van der Waals surface area contributed by atoms with Crippen molar-refractivity contribution >= 4 is 17.8 Å². The van der Waals surface area contributed by atoms with Gasteiger partial charge in [0.05, 0.1) is 0 Å². The van der Waals surface area contributed by atoms with Crippen LogP contribution in [0.2, 0.25) is 0 Å². The Balaban J connectivity index is 2.89. The average molecular weight is 338 g/mol. The third-order valence-corrected chi connectivity index (χ3v) is 3.82. The molecule has 0 saturated heterocycles. The van der Waals surface area contributed by atoms with Crippen LogP contribution in [0, 0.1) is 11.7 Å². The number of carboxylic acid groups (broad SMARTS) is 1. The lowest BCUT2D eigenvalue weighted by atomic mass is 9.98. The van der Waals surface area contributed by atoms with Crippen molar-refractivity contribution in [1.29, 1.82) is 0 Å². The molecule has 3 atom stereocenters. The minimum atomic E-state index is -1.12. The second-order valence-electron chi connectivity index (χ2n) is 5.79. The summed E-state index contributed by atoms with van der Waals surface area (Å²) in [5, 5.41) is 14.2. The fourth-order valence-corrected chi connectivity index (χ4v) is 2.25. The molecular weight excluding hydrogens is 315 g/mol. The number of halogens is 1. The molecule has 0 spiro atoms. The molecule has 0 aromatic heterocycles. The Morgan fingerprint density at radius 3 is 2.21 bits per heavy atom. The molecule has 0 heterocycles. The summed E-state index contributed by atoms with van der Waals surface area (Å²) in [4.78, 5) is 35.1. The Morgan fingerprint density at radius 1 is 1.17 bits per heavy atom. The van der Waals surface area contributed by atoms with Crippen LogP contribution in [0.5, 0.6) is 0 Å². The average Bonchev–Trinajstić information content (AvgIpc) is 2.52. The summed E-state index contributed by atoms with van der Waals surface area (Å²) in [6, 6.07) is 3.58. The van der Waals surface area contributed by atoms with Gasteiger partial charge in [0, 0.05) is 13.3 Å².